The van der Waals surface area contributed by atoms with Crippen LogP contribution >= 0.6 is 7.14 Å². The van der Waals surface area contributed by atoms with Crippen LogP contribution in [-0.4, -0.2) is 45.6 Å². The van der Waals surface area contributed by atoms with Crippen LogP contribution in [0, 0.1) is 6.92 Å². The highest BCUT2D eigenvalue weighted by Gasteiger charge is 2.10. The molecule has 5 nitrogen and oxygen atoms in total. The molecule has 0 heterocycles. The molecule has 1 aromatic rings. The van der Waals surface area contributed by atoms with E-state index in [4.69, 9.17) is 7.85 Å². The van der Waals surface area contributed by atoms with Crippen LogP contribution in [0.5, 0.6) is 0 Å². The molecule has 0 aromatic heterocycles. The minimum Gasteiger partial charge on any atom is -0.362 e. The Hall–Kier alpha value is -1.55. The van der Waals surface area contributed by atoms with Crippen molar-refractivity contribution >= 4 is 26.7 Å². The Labute approximate surface area is 126 Å². The Morgan fingerprint density at radius 1 is 1.24 bits per heavy atom. The van der Waals surface area contributed by atoms with Gasteiger partial charge in [0.2, 0.25) is 7.85 Å². The third kappa shape index (κ3) is 6.63. The maximum Gasteiger partial charge on any atom is 0.251 e. The maximum absolute atomic E-state index is 12.0. The Balaban J connectivity index is 2.63. The molecule has 0 saturated heterocycles. The third-order valence-electron chi connectivity index (χ3n) is 2.99. The first-order chi connectivity index (χ1) is 9.69. The fourth-order valence-corrected chi connectivity index (χ4v) is 2.41. The average molecular weight is 306 g/mol. The molecule has 1 aromatic carbocycles. The Kier molecular flexibility index (Phi) is 6.22. The molecule has 112 valence electrons. The van der Waals surface area contributed by atoms with Gasteiger partial charge < -0.3 is 15.2 Å². The van der Waals surface area contributed by atoms with Gasteiger partial charge in [0.1, 0.15) is 0 Å². The van der Waals surface area contributed by atoms with E-state index in [1.54, 1.807) is 31.5 Å². The molecule has 0 saturated carbocycles. The van der Waals surface area contributed by atoms with Crippen molar-refractivity contribution in [3.8, 4) is 0 Å². The highest BCUT2D eigenvalue weighted by Crippen LogP contribution is 2.34. The second-order valence-electron chi connectivity index (χ2n) is 5.41. The highest BCUT2D eigenvalue weighted by atomic mass is 31.2. The van der Waals surface area contributed by atoms with Crippen LogP contribution in [0.3, 0.4) is 0 Å². The molecule has 7 heteroatoms. The number of amides is 2. The van der Waals surface area contributed by atoms with Crippen LogP contribution < -0.4 is 10.6 Å². The molecule has 0 bridgehead atoms. The van der Waals surface area contributed by atoms with Gasteiger partial charge in [-0.25, -0.2) is 0 Å². The van der Waals surface area contributed by atoms with E-state index in [1.807, 2.05) is 6.92 Å². The van der Waals surface area contributed by atoms with E-state index in [0.717, 1.165) is 11.1 Å². The van der Waals surface area contributed by atoms with Gasteiger partial charge in [-0.3, -0.25) is 9.59 Å². The number of benzene rings is 1. The van der Waals surface area contributed by atoms with Gasteiger partial charge >= 0.3 is 0 Å². The molecule has 0 unspecified atom stereocenters. The molecule has 0 aliphatic rings. The number of carbonyl (C=O) groups excluding carboxylic acids is 2. The van der Waals surface area contributed by atoms with Crippen LogP contribution in [0.2, 0.25) is 0 Å². The summed E-state index contributed by atoms with van der Waals surface area (Å²) in [4.78, 5) is 22.7. The van der Waals surface area contributed by atoms with Gasteiger partial charge in [-0.1, -0.05) is 6.07 Å². The van der Waals surface area contributed by atoms with Gasteiger partial charge in [0, 0.05) is 24.8 Å². The van der Waals surface area contributed by atoms with Crippen LogP contribution in [-0.2, 0) is 11.1 Å². The fourth-order valence-electron chi connectivity index (χ4n) is 1.76. The number of nitrogens with one attached hydrogen (secondary N) is 2. The minimum atomic E-state index is -2.12. The first-order valence-corrected chi connectivity index (χ1v) is 9.43. The Bertz CT molecular complexity index is 584. The summed E-state index contributed by atoms with van der Waals surface area (Å²) in [6, 6.07) is 5.23. The third-order valence-corrected chi connectivity index (χ3v) is 4.29. The summed E-state index contributed by atoms with van der Waals surface area (Å²) in [5, 5.41) is 5.26. The van der Waals surface area contributed by atoms with E-state index in [9.17, 15) is 14.2 Å². The van der Waals surface area contributed by atoms with Gasteiger partial charge in [0.05, 0.1) is 7.14 Å². The van der Waals surface area contributed by atoms with Crippen molar-refractivity contribution in [2.75, 3.05) is 26.0 Å². The number of rotatable bonds is 6. The first kappa shape index (κ1) is 17.5. The van der Waals surface area contributed by atoms with Gasteiger partial charge in [-0.15, -0.1) is 0 Å². The summed E-state index contributed by atoms with van der Waals surface area (Å²) < 4.78 is 11.6. The van der Waals surface area contributed by atoms with E-state index < -0.39 is 12.9 Å². The maximum atomic E-state index is 12.0. The number of hydrogen-bond acceptors (Lipinski definition) is 3. The van der Waals surface area contributed by atoms with E-state index in [-0.39, 0.29) is 5.91 Å². The lowest BCUT2D eigenvalue weighted by molar-refractivity contribution is 0.0956. The zero-order valence-corrected chi connectivity index (χ0v) is 13.5. The standard InChI is InChI=1S/C14H20BN2O3P/c1-10-8-11(4-5-12(10)9-17-14(15)19)13(18)16-6-7-21(2,3)20/h4-5,8H,6-7,9H2,1-3H3,(H,16,18)(H,17,19). The molecular weight excluding hydrogens is 286 g/mol. The molecule has 0 atom stereocenters. The molecule has 21 heavy (non-hydrogen) atoms. The predicted molar refractivity (Wildman–Crippen MR) is 85.8 cm³/mol. The molecule has 2 amide bonds. The summed E-state index contributed by atoms with van der Waals surface area (Å²) in [6.07, 6.45) is 0.484. The summed E-state index contributed by atoms with van der Waals surface area (Å²) in [5.41, 5.74) is 2.34. The first-order valence-electron chi connectivity index (χ1n) is 6.64. The van der Waals surface area contributed by atoms with Crippen LogP contribution in [0.4, 0.5) is 4.79 Å². The normalized spacial score (nSPS) is 11.0. The van der Waals surface area contributed by atoms with Gasteiger partial charge in [-0.05, 0) is 43.5 Å². The van der Waals surface area contributed by atoms with E-state index >= 15 is 0 Å². The molecule has 0 spiro atoms. The monoisotopic (exact) mass is 306 g/mol. The van der Waals surface area contributed by atoms with Gasteiger partial charge in [-0.2, -0.15) is 0 Å². The molecule has 1 rings (SSSR count). The molecule has 0 fully saturated rings. The summed E-state index contributed by atoms with van der Waals surface area (Å²) >= 11 is 0. The lowest BCUT2D eigenvalue weighted by Gasteiger charge is -2.11. The summed E-state index contributed by atoms with van der Waals surface area (Å²) in [5.74, 6) is -0.777. The quantitative estimate of drug-likeness (QED) is 0.621. The molecule has 0 aliphatic carbocycles. The van der Waals surface area contributed by atoms with E-state index in [2.05, 4.69) is 10.6 Å². The fraction of sp³-hybridized carbons (Fsp3) is 0.429. The second kappa shape index (κ2) is 7.46. The van der Waals surface area contributed by atoms with Crippen molar-refractivity contribution in [1.82, 2.24) is 10.6 Å². The van der Waals surface area contributed by atoms with Crippen LogP contribution in [0.25, 0.3) is 0 Å². The van der Waals surface area contributed by atoms with Crippen LogP contribution in [0.1, 0.15) is 21.5 Å². The zero-order chi connectivity index (χ0) is 16.0. The number of hydrogen-bond donors (Lipinski definition) is 2. The van der Waals surface area contributed by atoms with E-state index in [0.29, 0.717) is 24.8 Å². The predicted octanol–water partition coefficient (Wildman–Crippen LogP) is 1.73. The average Bonchev–Trinajstić information content (AvgIpc) is 2.35. The number of carbonyl (C=O) groups is 2. The minimum absolute atomic E-state index is 0.194. The van der Waals surface area contributed by atoms with Gasteiger partial charge in [0.15, 0.2) is 5.81 Å². The molecular formula is C14H20BN2O3P. The zero-order valence-electron chi connectivity index (χ0n) is 12.6. The van der Waals surface area contributed by atoms with Gasteiger partial charge in [0.25, 0.3) is 5.91 Å². The number of aryl methyl sites for hydroxylation is 1. The summed E-state index contributed by atoms with van der Waals surface area (Å²) in [7, 11) is 2.91. The van der Waals surface area contributed by atoms with Crippen molar-refractivity contribution in [1.29, 1.82) is 0 Å². The Morgan fingerprint density at radius 2 is 1.90 bits per heavy atom. The Morgan fingerprint density at radius 3 is 2.43 bits per heavy atom. The summed E-state index contributed by atoms with van der Waals surface area (Å²) in [6.45, 7) is 5.99. The van der Waals surface area contributed by atoms with Crippen molar-refractivity contribution in [2.45, 2.75) is 13.5 Å². The van der Waals surface area contributed by atoms with E-state index in [1.165, 1.54) is 0 Å². The topological polar surface area (TPSA) is 75.3 Å². The van der Waals surface area contributed by atoms with Crippen molar-refractivity contribution in [2.24, 2.45) is 0 Å². The van der Waals surface area contributed by atoms with Crippen molar-refractivity contribution in [3.05, 3.63) is 34.9 Å². The van der Waals surface area contributed by atoms with Crippen molar-refractivity contribution < 1.29 is 14.2 Å². The lowest BCUT2D eigenvalue weighted by atomic mass is 10.0. The smallest absolute Gasteiger partial charge is 0.251 e. The largest absolute Gasteiger partial charge is 0.362 e. The molecule has 2 radical (unpaired) electrons. The molecule has 0 aliphatic heterocycles. The second-order valence-corrected chi connectivity index (χ2v) is 9.01. The SMILES string of the molecule is [B]C(=O)NCc1ccc(C(=O)NCCP(C)(C)=O)cc1C. The lowest BCUT2D eigenvalue weighted by Crippen LogP contribution is -2.26. The van der Waals surface area contributed by atoms with Crippen molar-refractivity contribution in [3.63, 3.8) is 0 Å². The highest BCUT2D eigenvalue weighted by molar-refractivity contribution is 7.62. The molecule has 2 N–H and O–H groups in total. The van der Waals surface area contributed by atoms with Crippen LogP contribution in [0.15, 0.2) is 18.2 Å².